The largest absolute Gasteiger partial charge is 0.269 e. The van der Waals surface area contributed by atoms with E-state index in [0.717, 1.165) is 24.9 Å². The summed E-state index contributed by atoms with van der Waals surface area (Å²) in [6.45, 7) is 0.962. The maximum absolute atomic E-state index is 13.6. The summed E-state index contributed by atoms with van der Waals surface area (Å²) in [5.41, 5.74) is 2.78. The summed E-state index contributed by atoms with van der Waals surface area (Å²) in [7, 11) is 0. The van der Waals surface area contributed by atoms with Crippen molar-refractivity contribution in [3.8, 4) is 11.1 Å². The second kappa shape index (κ2) is 3.19. The number of aromatic nitrogens is 2. The van der Waals surface area contributed by atoms with Gasteiger partial charge in [-0.05, 0) is 18.9 Å². The van der Waals surface area contributed by atoms with Crippen LogP contribution in [-0.2, 0) is 13.0 Å². The van der Waals surface area contributed by atoms with Crippen molar-refractivity contribution in [2.45, 2.75) is 19.4 Å². The van der Waals surface area contributed by atoms with Gasteiger partial charge in [0.05, 0.1) is 6.20 Å². The van der Waals surface area contributed by atoms with Crippen LogP contribution in [0.3, 0.4) is 0 Å². The van der Waals surface area contributed by atoms with E-state index in [0.29, 0.717) is 5.56 Å². The molecule has 0 fully saturated rings. The fourth-order valence-corrected chi connectivity index (χ4v) is 2.17. The third kappa shape index (κ3) is 1.27. The third-order valence-corrected chi connectivity index (χ3v) is 2.90. The predicted octanol–water partition coefficient (Wildman–Crippen LogP) is 2.64. The molecule has 0 unspecified atom stereocenters. The minimum atomic E-state index is -0.166. The van der Waals surface area contributed by atoms with Crippen molar-refractivity contribution in [3.05, 3.63) is 42.0 Å². The van der Waals surface area contributed by atoms with Crippen LogP contribution in [0.1, 0.15) is 12.1 Å². The van der Waals surface area contributed by atoms with Crippen molar-refractivity contribution in [2.75, 3.05) is 0 Å². The minimum absolute atomic E-state index is 0.166. The molecule has 0 amide bonds. The zero-order valence-corrected chi connectivity index (χ0v) is 8.28. The number of hydrogen-bond donors (Lipinski definition) is 0. The van der Waals surface area contributed by atoms with Gasteiger partial charge in [0, 0.05) is 23.4 Å². The van der Waals surface area contributed by atoms with Crippen molar-refractivity contribution in [2.24, 2.45) is 0 Å². The van der Waals surface area contributed by atoms with Crippen LogP contribution in [0.2, 0.25) is 0 Å². The van der Waals surface area contributed by atoms with Crippen molar-refractivity contribution in [1.29, 1.82) is 0 Å². The molecule has 0 N–H and O–H groups in total. The van der Waals surface area contributed by atoms with Gasteiger partial charge in [-0.25, -0.2) is 4.39 Å². The lowest BCUT2D eigenvalue weighted by molar-refractivity contribution is 0.631. The maximum Gasteiger partial charge on any atom is 0.131 e. The van der Waals surface area contributed by atoms with E-state index in [1.165, 1.54) is 11.8 Å². The Kier molecular flexibility index (Phi) is 1.84. The van der Waals surface area contributed by atoms with Crippen molar-refractivity contribution in [3.63, 3.8) is 0 Å². The Morgan fingerprint density at radius 1 is 1.20 bits per heavy atom. The molecule has 3 heteroatoms. The molecule has 1 aliphatic heterocycles. The lowest BCUT2D eigenvalue weighted by Crippen LogP contribution is -1.93. The number of fused-ring (bicyclic) bond motifs is 1. The monoisotopic (exact) mass is 202 g/mol. The van der Waals surface area contributed by atoms with Crippen LogP contribution in [0.15, 0.2) is 30.5 Å². The van der Waals surface area contributed by atoms with Gasteiger partial charge in [0.25, 0.3) is 0 Å². The standard InChI is InChI=1S/C12H11FN2/c13-11-5-2-1-4-9(11)10-8-14-15-7-3-6-12(10)15/h1-2,4-5,8H,3,6-7H2. The Hall–Kier alpha value is -1.64. The molecular weight excluding hydrogens is 191 g/mol. The van der Waals surface area contributed by atoms with Crippen molar-refractivity contribution in [1.82, 2.24) is 9.78 Å². The Labute approximate surface area is 87.4 Å². The molecule has 1 aliphatic rings. The highest BCUT2D eigenvalue weighted by Crippen LogP contribution is 2.29. The molecule has 1 aromatic carbocycles. The van der Waals surface area contributed by atoms with E-state index in [1.54, 1.807) is 12.3 Å². The molecule has 76 valence electrons. The van der Waals surface area contributed by atoms with Crippen LogP contribution in [-0.4, -0.2) is 9.78 Å². The van der Waals surface area contributed by atoms with Gasteiger partial charge in [-0.1, -0.05) is 18.2 Å². The zero-order chi connectivity index (χ0) is 10.3. The van der Waals surface area contributed by atoms with Crippen LogP contribution in [0.25, 0.3) is 11.1 Å². The average molecular weight is 202 g/mol. The molecule has 2 nitrogen and oxygen atoms in total. The van der Waals surface area contributed by atoms with Crippen LogP contribution < -0.4 is 0 Å². The van der Waals surface area contributed by atoms with Gasteiger partial charge >= 0.3 is 0 Å². The zero-order valence-electron chi connectivity index (χ0n) is 8.28. The molecule has 0 bridgehead atoms. The molecular formula is C12H11FN2. The van der Waals surface area contributed by atoms with E-state index in [4.69, 9.17) is 0 Å². The molecule has 1 aromatic heterocycles. The first-order valence-corrected chi connectivity index (χ1v) is 5.16. The van der Waals surface area contributed by atoms with Crippen LogP contribution in [0.4, 0.5) is 4.39 Å². The van der Waals surface area contributed by atoms with Gasteiger partial charge in [0.2, 0.25) is 0 Å². The second-order valence-electron chi connectivity index (χ2n) is 3.81. The highest BCUT2D eigenvalue weighted by atomic mass is 19.1. The lowest BCUT2D eigenvalue weighted by atomic mass is 10.0. The molecule has 0 spiro atoms. The summed E-state index contributed by atoms with van der Waals surface area (Å²) in [6, 6.07) is 6.87. The smallest absolute Gasteiger partial charge is 0.131 e. The van der Waals surface area contributed by atoms with Gasteiger partial charge in [0.1, 0.15) is 5.82 Å². The summed E-state index contributed by atoms with van der Waals surface area (Å²) >= 11 is 0. The summed E-state index contributed by atoms with van der Waals surface area (Å²) in [5.74, 6) is -0.166. The Balaban J connectivity index is 2.17. The number of benzene rings is 1. The SMILES string of the molecule is Fc1ccccc1-c1cnn2c1CCC2. The molecule has 2 aromatic rings. The average Bonchev–Trinajstić information content (AvgIpc) is 2.80. The maximum atomic E-state index is 13.6. The number of halogens is 1. The van der Waals surface area contributed by atoms with Gasteiger partial charge in [-0.15, -0.1) is 0 Å². The van der Waals surface area contributed by atoms with Crippen LogP contribution in [0, 0.1) is 5.82 Å². The number of nitrogens with zero attached hydrogens (tertiary/aromatic N) is 2. The summed E-state index contributed by atoms with van der Waals surface area (Å²) in [4.78, 5) is 0. The third-order valence-electron chi connectivity index (χ3n) is 2.90. The van der Waals surface area contributed by atoms with E-state index >= 15 is 0 Å². The van der Waals surface area contributed by atoms with Crippen molar-refractivity contribution < 1.29 is 4.39 Å². The van der Waals surface area contributed by atoms with E-state index in [2.05, 4.69) is 5.10 Å². The van der Waals surface area contributed by atoms with E-state index < -0.39 is 0 Å². The molecule has 0 saturated carbocycles. The Morgan fingerprint density at radius 2 is 2.07 bits per heavy atom. The molecule has 0 aliphatic carbocycles. The minimum Gasteiger partial charge on any atom is -0.269 e. The Morgan fingerprint density at radius 3 is 2.93 bits per heavy atom. The van der Waals surface area contributed by atoms with E-state index in [9.17, 15) is 4.39 Å². The van der Waals surface area contributed by atoms with Gasteiger partial charge in [0.15, 0.2) is 0 Å². The first-order valence-electron chi connectivity index (χ1n) is 5.16. The number of aryl methyl sites for hydroxylation is 1. The highest BCUT2D eigenvalue weighted by Gasteiger charge is 2.18. The fraction of sp³-hybridized carbons (Fsp3) is 0.250. The normalized spacial score (nSPS) is 14.2. The molecule has 0 saturated heterocycles. The van der Waals surface area contributed by atoms with Crippen LogP contribution >= 0.6 is 0 Å². The summed E-state index contributed by atoms with van der Waals surface area (Å²) < 4.78 is 15.6. The summed E-state index contributed by atoms with van der Waals surface area (Å²) in [5, 5.41) is 4.26. The topological polar surface area (TPSA) is 17.8 Å². The van der Waals surface area contributed by atoms with Crippen molar-refractivity contribution >= 4 is 0 Å². The first kappa shape index (κ1) is 8.65. The van der Waals surface area contributed by atoms with Gasteiger partial charge in [-0.2, -0.15) is 5.10 Å². The molecule has 2 heterocycles. The van der Waals surface area contributed by atoms with Gasteiger partial charge in [-0.3, -0.25) is 4.68 Å². The van der Waals surface area contributed by atoms with Crippen LogP contribution in [0.5, 0.6) is 0 Å². The number of rotatable bonds is 1. The van der Waals surface area contributed by atoms with E-state index in [-0.39, 0.29) is 5.82 Å². The predicted molar refractivity (Wildman–Crippen MR) is 55.9 cm³/mol. The molecule has 3 rings (SSSR count). The fourth-order valence-electron chi connectivity index (χ4n) is 2.17. The molecule has 0 atom stereocenters. The first-order chi connectivity index (χ1) is 7.36. The quantitative estimate of drug-likeness (QED) is 0.695. The molecule has 15 heavy (non-hydrogen) atoms. The Bertz CT molecular complexity index is 502. The summed E-state index contributed by atoms with van der Waals surface area (Å²) in [6.07, 6.45) is 3.89. The lowest BCUT2D eigenvalue weighted by Gasteiger charge is -2.01. The van der Waals surface area contributed by atoms with Gasteiger partial charge < -0.3 is 0 Å². The van der Waals surface area contributed by atoms with E-state index in [1.807, 2.05) is 16.8 Å². The number of hydrogen-bond acceptors (Lipinski definition) is 1. The highest BCUT2D eigenvalue weighted by molar-refractivity contribution is 5.66. The second-order valence-corrected chi connectivity index (χ2v) is 3.81. The molecule has 0 radical (unpaired) electrons.